The molecule has 0 aliphatic carbocycles. The number of nitrogens with zero attached hydrogens (tertiary/aromatic N) is 1. The van der Waals surface area contributed by atoms with Crippen molar-refractivity contribution in [3.63, 3.8) is 0 Å². The number of aromatic amines is 1. The van der Waals surface area contributed by atoms with E-state index in [1.807, 2.05) is 6.07 Å². The highest BCUT2D eigenvalue weighted by Crippen LogP contribution is 2.06. The summed E-state index contributed by atoms with van der Waals surface area (Å²) in [5.74, 6) is 0.351. The number of nitrogens with one attached hydrogen (secondary N) is 2. The molecule has 1 rings (SSSR count). The number of aliphatic hydroxyl groups excluding tert-OH is 1. The lowest BCUT2D eigenvalue weighted by Gasteiger charge is -2.17. The van der Waals surface area contributed by atoms with Crippen molar-refractivity contribution >= 4 is 0 Å². The van der Waals surface area contributed by atoms with E-state index in [9.17, 15) is 5.11 Å². The summed E-state index contributed by atoms with van der Waals surface area (Å²) in [4.78, 5) is 0. The van der Waals surface area contributed by atoms with Gasteiger partial charge in [0.15, 0.2) is 0 Å². The van der Waals surface area contributed by atoms with E-state index in [-0.39, 0.29) is 6.10 Å². The van der Waals surface area contributed by atoms with Gasteiger partial charge in [0.2, 0.25) is 0 Å². The molecule has 0 bridgehead atoms. The molecule has 1 heterocycles. The van der Waals surface area contributed by atoms with Gasteiger partial charge < -0.3 is 10.4 Å². The van der Waals surface area contributed by atoms with Gasteiger partial charge in [-0.2, -0.15) is 5.10 Å². The van der Waals surface area contributed by atoms with Gasteiger partial charge in [-0.05, 0) is 12.0 Å². The zero-order valence-corrected chi connectivity index (χ0v) is 8.83. The third-order valence-corrected chi connectivity index (χ3v) is 2.53. The van der Waals surface area contributed by atoms with Crippen LogP contribution < -0.4 is 5.32 Å². The third-order valence-electron chi connectivity index (χ3n) is 2.53. The maximum Gasteiger partial charge on any atom is 0.0690 e. The van der Waals surface area contributed by atoms with Crippen molar-refractivity contribution in [2.45, 2.75) is 32.9 Å². The predicted molar refractivity (Wildman–Crippen MR) is 55.8 cm³/mol. The number of rotatable bonds is 6. The summed E-state index contributed by atoms with van der Waals surface area (Å²) in [6, 6.07) is 1.92. The van der Waals surface area contributed by atoms with Gasteiger partial charge in [-0.15, -0.1) is 0 Å². The van der Waals surface area contributed by atoms with Crippen LogP contribution >= 0.6 is 0 Å². The molecule has 0 fully saturated rings. The summed E-state index contributed by atoms with van der Waals surface area (Å²) in [5.41, 5.74) is 1.04. The topological polar surface area (TPSA) is 60.9 Å². The fourth-order valence-electron chi connectivity index (χ4n) is 1.21. The van der Waals surface area contributed by atoms with Crippen molar-refractivity contribution in [3.8, 4) is 0 Å². The summed E-state index contributed by atoms with van der Waals surface area (Å²) >= 11 is 0. The van der Waals surface area contributed by atoms with Crippen LogP contribution in [0.1, 0.15) is 26.0 Å². The molecule has 0 aromatic carbocycles. The second kappa shape index (κ2) is 5.78. The van der Waals surface area contributed by atoms with Crippen LogP contribution in [0.4, 0.5) is 0 Å². The second-order valence-electron chi connectivity index (χ2n) is 3.67. The van der Waals surface area contributed by atoms with E-state index in [0.29, 0.717) is 12.5 Å². The maximum atomic E-state index is 9.66. The largest absolute Gasteiger partial charge is 0.392 e. The molecule has 80 valence electrons. The summed E-state index contributed by atoms with van der Waals surface area (Å²) in [6.07, 6.45) is 2.47. The smallest absolute Gasteiger partial charge is 0.0690 e. The molecule has 0 radical (unpaired) electrons. The van der Waals surface area contributed by atoms with Crippen molar-refractivity contribution in [1.82, 2.24) is 15.5 Å². The normalized spacial score (nSPS) is 15.4. The average molecular weight is 197 g/mol. The molecule has 0 aliphatic heterocycles. The van der Waals surface area contributed by atoms with E-state index in [4.69, 9.17) is 0 Å². The van der Waals surface area contributed by atoms with Crippen molar-refractivity contribution in [1.29, 1.82) is 0 Å². The first-order valence-corrected chi connectivity index (χ1v) is 5.11. The Bertz CT molecular complexity index is 236. The molecule has 1 aromatic heterocycles. The van der Waals surface area contributed by atoms with Crippen LogP contribution in [0.5, 0.6) is 0 Å². The number of aliphatic hydroxyl groups is 1. The van der Waals surface area contributed by atoms with Crippen LogP contribution in [0.3, 0.4) is 0 Å². The minimum atomic E-state index is -0.261. The Morgan fingerprint density at radius 3 is 3.00 bits per heavy atom. The summed E-state index contributed by atoms with van der Waals surface area (Å²) < 4.78 is 0. The highest BCUT2D eigenvalue weighted by Gasteiger charge is 2.10. The van der Waals surface area contributed by atoms with Crippen molar-refractivity contribution in [3.05, 3.63) is 18.0 Å². The van der Waals surface area contributed by atoms with Crippen molar-refractivity contribution in [2.24, 2.45) is 5.92 Å². The molecule has 2 atom stereocenters. The molecular formula is C10H19N3O. The van der Waals surface area contributed by atoms with Gasteiger partial charge in [-0.25, -0.2) is 0 Å². The van der Waals surface area contributed by atoms with Crippen LogP contribution in [0.2, 0.25) is 0 Å². The van der Waals surface area contributed by atoms with Crippen LogP contribution in [0, 0.1) is 5.92 Å². The Kier molecular flexibility index (Phi) is 4.62. The summed E-state index contributed by atoms with van der Waals surface area (Å²) in [6.45, 7) is 5.51. The van der Waals surface area contributed by atoms with Gasteiger partial charge >= 0.3 is 0 Å². The van der Waals surface area contributed by atoms with Crippen LogP contribution in [-0.2, 0) is 6.54 Å². The van der Waals surface area contributed by atoms with Crippen LogP contribution in [0.25, 0.3) is 0 Å². The lowest BCUT2D eigenvalue weighted by molar-refractivity contribution is 0.112. The van der Waals surface area contributed by atoms with Crippen LogP contribution in [0.15, 0.2) is 12.3 Å². The Morgan fingerprint density at radius 1 is 1.64 bits per heavy atom. The SMILES string of the molecule is CCC(C)C(O)CNCc1ccn[nH]1. The molecule has 0 aliphatic rings. The molecule has 0 spiro atoms. The Labute approximate surface area is 84.7 Å². The third kappa shape index (κ3) is 3.47. The fourth-order valence-corrected chi connectivity index (χ4v) is 1.21. The fraction of sp³-hybridized carbons (Fsp3) is 0.700. The second-order valence-corrected chi connectivity index (χ2v) is 3.67. The highest BCUT2D eigenvalue weighted by molar-refractivity contribution is 4.96. The molecule has 0 saturated heterocycles. The van der Waals surface area contributed by atoms with Crippen molar-refractivity contribution < 1.29 is 5.11 Å². The zero-order chi connectivity index (χ0) is 10.4. The molecule has 0 amide bonds. The summed E-state index contributed by atoms with van der Waals surface area (Å²) in [7, 11) is 0. The monoisotopic (exact) mass is 197 g/mol. The Balaban J connectivity index is 2.15. The molecule has 0 saturated carbocycles. The molecule has 4 nitrogen and oxygen atoms in total. The minimum absolute atomic E-state index is 0.261. The summed E-state index contributed by atoms with van der Waals surface area (Å²) in [5, 5.41) is 19.5. The van der Waals surface area contributed by atoms with Gasteiger partial charge in [0.1, 0.15) is 0 Å². The average Bonchev–Trinajstić information content (AvgIpc) is 2.69. The molecule has 14 heavy (non-hydrogen) atoms. The molecule has 4 heteroatoms. The van der Waals surface area contributed by atoms with E-state index in [1.165, 1.54) is 0 Å². The van der Waals surface area contributed by atoms with E-state index < -0.39 is 0 Å². The molecule has 1 aromatic rings. The first-order chi connectivity index (χ1) is 6.74. The molecule has 3 N–H and O–H groups in total. The molecular weight excluding hydrogens is 178 g/mol. The predicted octanol–water partition coefficient (Wildman–Crippen LogP) is 0.906. The van der Waals surface area contributed by atoms with Crippen molar-refractivity contribution in [2.75, 3.05) is 6.54 Å². The first-order valence-electron chi connectivity index (χ1n) is 5.11. The number of aromatic nitrogens is 2. The van der Waals surface area contributed by atoms with E-state index in [0.717, 1.165) is 18.7 Å². The van der Waals surface area contributed by atoms with Gasteiger partial charge in [-0.3, -0.25) is 5.10 Å². The van der Waals surface area contributed by atoms with Crippen LogP contribution in [-0.4, -0.2) is 28.0 Å². The molecule has 2 unspecified atom stereocenters. The zero-order valence-electron chi connectivity index (χ0n) is 8.83. The Hall–Kier alpha value is -0.870. The van der Waals surface area contributed by atoms with Gasteiger partial charge in [0.05, 0.1) is 6.10 Å². The maximum absolute atomic E-state index is 9.66. The lowest BCUT2D eigenvalue weighted by Crippen LogP contribution is -2.31. The number of hydrogen-bond acceptors (Lipinski definition) is 3. The van der Waals surface area contributed by atoms with Gasteiger partial charge in [0, 0.05) is 25.0 Å². The van der Waals surface area contributed by atoms with E-state index in [2.05, 4.69) is 29.4 Å². The minimum Gasteiger partial charge on any atom is -0.392 e. The van der Waals surface area contributed by atoms with E-state index >= 15 is 0 Å². The first kappa shape index (κ1) is 11.2. The quantitative estimate of drug-likeness (QED) is 0.635. The van der Waals surface area contributed by atoms with Gasteiger partial charge in [0.25, 0.3) is 0 Å². The number of H-pyrrole nitrogens is 1. The lowest BCUT2D eigenvalue weighted by atomic mass is 10.0. The number of hydrogen-bond donors (Lipinski definition) is 3. The van der Waals surface area contributed by atoms with Gasteiger partial charge in [-0.1, -0.05) is 20.3 Å². The Morgan fingerprint density at radius 2 is 2.43 bits per heavy atom. The highest BCUT2D eigenvalue weighted by atomic mass is 16.3. The van der Waals surface area contributed by atoms with E-state index in [1.54, 1.807) is 6.20 Å². The standard InChI is InChI=1S/C10H19N3O/c1-3-8(2)10(14)7-11-6-9-4-5-12-13-9/h4-5,8,10-11,14H,3,6-7H2,1-2H3,(H,12,13).